The Morgan fingerprint density at radius 1 is 1.19 bits per heavy atom. The number of nitrogen functional groups attached to an aromatic ring is 1. The lowest BCUT2D eigenvalue weighted by atomic mass is 10.0. The minimum Gasteiger partial charge on any atom is -0.397 e. The lowest BCUT2D eigenvalue weighted by molar-refractivity contribution is 0.632. The molecule has 0 bridgehead atoms. The molecule has 2 rings (SSSR count). The third-order valence-electron chi connectivity index (χ3n) is 2.42. The van der Waals surface area contributed by atoms with Gasteiger partial charge in [-0.25, -0.2) is 4.39 Å². The fourth-order valence-electron chi connectivity index (χ4n) is 1.60. The number of nitrogens with two attached hydrogens (primary N) is 1. The highest BCUT2D eigenvalue weighted by Crippen LogP contribution is 2.30. The van der Waals surface area contributed by atoms with Gasteiger partial charge in [-0.15, -0.1) is 0 Å². The first-order valence-electron chi connectivity index (χ1n) is 4.89. The van der Waals surface area contributed by atoms with Crippen molar-refractivity contribution in [1.82, 2.24) is 0 Å². The van der Waals surface area contributed by atoms with E-state index in [1.54, 1.807) is 6.07 Å². The predicted octanol–water partition coefficient (Wildman–Crippen LogP) is 4.04. The molecule has 0 spiro atoms. The van der Waals surface area contributed by atoms with Gasteiger partial charge in [0.15, 0.2) is 0 Å². The number of hydrogen-bond donors (Lipinski definition) is 1. The third-order valence-corrected chi connectivity index (χ3v) is 2.74. The highest BCUT2D eigenvalue weighted by Gasteiger charge is 2.08. The summed E-state index contributed by atoms with van der Waals surface area (Å²) in [5.41, 5.74) is 8.14. The average molecular weight is 236 g/mol. The first-order valence-corrected chi connectivity index (χ1v) is 5.27. The van der Waals surface area contributed by atoms with Crippen molar-refractivity contribution in [1.29, 1.82) is 0 Å². The Balaban J connectivity index is 2.60. The van der Waals surface area contributed by atoms with Crippen LogP contribution in [0.25, 0.3) is 11.1 Å². The van der Waals surface area contributed by atoms with Crippen molar-refractivity contribution < 1.29 is 4.39 Å². The number of halogens is 2. The second kappa shape index (κ2) is 4.14. The molecule has 3 heteroatoms. The fraction of sp³-hybridized carbons (Fsp3) is 0.0769. The molecule has 2 aromatic carbocycles. The summed E-state index contributed by atoms with van der Waals surface area (Å²) in [4.78, 5) is 0. The van der Waals surface area contributed by atoms with Gasteiger partial charge in [0, 0.05) is 5.56 Å². The van der Waals surface area contributed by atoms with Gasteiger partial charge >= 0.3 is 0 Å². The summed E-state index contributed by atoms with van der Waals surface area (Å²) in [7, 11) is 0. The Morgan fingerprint density at radius 2 is 1.94 bits per heavy atom. The van der Waals surface area contributed by atoms with Crippen molar-refractivity contribution in [3.05, 3.63) is 52.8 Å². The Bertz CT molecular complexity index is 537. The van der Waals surface area contributed by atoms with Crippen LogP contribution in [0, 0.1) is 12.7 Å². The van der Waals surface area contributed by atoms with Gasteiger partial charge in [0.05, 0.1) is 10.7 Å². The number of anilines is 1. The van der Waals surface area contributed by atoms with E-state index in [2.05, 4.69) is 0 Å². The molecular weight excluding hydrogens is 225 g/mol. The SMILES string of the molecule is Cc1cccc(-c2cc(Cl)c(N)cc2F)c1. The highest BCUT2D eigenvalue weighted by atomic mass is 35.5. The van der Waals surface area contributed by atoms with Gasteiger partial charge in [0.2, 0.25) is 0 Å². The predicted molar refractivity (Wildman–Crippen MR) is 66.0 cm³/mol. The maximum absolute atomic E-state index is 13.7. The number of aryl methyl sites for hydroxylation is 1. The molecule has 0 aliphatic carbocycles. The molecule has 0 heterocycles. The van der Waals surface area contributed by atoms with Gasteiger partial charge in [-0.1, -0.05) is 41.4 Å². The Hall–Kier alpha value is -1.54. The van der Waals surface area contributed by atoms with E-state index in [-0.39, 0.29) is 11.5 Å². The van der Waals surface area contributed by atoms with Crippen LogP contribution in [0.1, 0.15) is 5.56 Å². The van der Waals surface area contributed by atoms with Crippen LogP contribution < -0.4 is 5.73 Å². The molecule has 0 aromatic heterocycles. The molecule has 0 saturated heterocycles. The van der Waals surface area contributed by atoms with Crippen molar-refractivity contribution in [3.63, 3.8) is 0 Å². The van der Waals surface area contributed by atoms with Gasteiger partial charge < -0.3 is 5.73 Å². The second-order valence-electron chi connectivity index (χ2n) is 3.72. The van der Waals surface area contributed by atoms with Crippen molar-refractivity contribution in [3.8, 4) is 11.1 Å². The quantitative estimate of drug-likeness (QED) is 0.742. The lowest BCUT2D eigenvalue weighted by Crippen LogP contribution is -1.91. The van der Waals surface area contributed by atoms with Crippen molar-refractivity contribution in [2.75, 3.05) is 5.73 Å². The van der Waals surface area contributed by atoms with Crippen molar-refractivity contribution >= 4 is 17.3 Å². The normalized spacial score (nSPS) is 10.4. The Kier molecular flexibility index (Phi) is 2.84. The number of rotatable bonds is 1. The molecule has 16 heavy (non-hydrogen) atoms. The molecule has 0 saturated carbocycles. The molecule has 1 nitrogen and oxygen atoms in total. The Labute approximate surface area is 98.7 Å². The number of benzene rings is 2. The van der Waals surface area contributed by atoms with Crippen LogP contribution in [-0.4, -0.2) is 0 Å². The molecule has 0 atom stereocenters. The second-order valence-corrected chi connectivity index (χ2v) is 4.13. The van der Waals surface area contributed by atoms with Gasteiger partial charge in [-0.3, -0.25) is 0 Å². The molecule has 0 fully saturated rings. The van der Waals surface area contributed by atoms with Crippen LogP contribution in [0.2, 0.25) is 5.02 Å². The number of hydrogen-bond acceptors (Lipinski definition) is 1. The molecule has 2 N–H and O–H groups in total. The molecule has 0 radical (unpaired) electrons. The minimum absolute atomic E-state index is 0.260. The van der Waals surface area contributed by atoms with Gasteiger partial charge in [0.25, 0.3) is 0 Å². The summed E-state index contributed by atoms with van der Waals surface area (Å²) < 4.78 is 13.7. The van der Waals surface area contributed by atoms with Crippen molar-refractivity contribution in [2.24, 2.45) is 0 Å². The third kappa shape index (κ3) is 2.02. The van der Waals surface area contributed by atoms with Crippen LogP contribution in [0.15, 0.2) is 36.4 Å². The van der Waals surface area contributed by atoms with E-state index in [1.807, 2.05) is 31.2 Å². The minimum atomic E-state index is -0.354. The van der Waals surface area contributed by atoms with Crippen LogP contribution >= 0.6 is 11.6 Å². The molecular formula is C13H11ClFN. The maximum Gasteiger partial charge on any atom is 0.133 e. The van der Waals surface area contributed by atoms with E-state index < -0.39 is 0 Å². The molecule has 0 aliphatic heterocycles. The molecule has 0 unspecified atom stereocenters. The van der Waals surface area contributed by atoms with Gasteiger partial charge in [-0.2, -0.15) is 0 Å². The maximum atomic E-state index is 13.7. The van der Waals surface area contributed by atoms with E-state index in [4.69, 9.17) is 17.3 Å². The Morgan fingerprint density at radius 3 is 2.62 bits per heavy atom. The van der Waals surface area contributed by atoms with Crippen LogP contribution in [0.5, 0.6) is 0 Å². The van der Waals surface area contributed by atoms with E-state index in [0.29, 0.717) is 10.6 Å². The molecule has 0 amide bonds. The van der Waals surface area contributed by atoms with Crippen LogP contribution in [-0.2, 0) is 0 Å². The summed E-state index contributed by atoms with van der Waals surface area (Å²) in [6.07, 6.45) is 0. The lowest BCUT2D eigenvalue weighted by Gasteiger charge is -2.07. The molecule has 0 aliphatic rings. The van der Waals surface area contributed by atoms with Gasteiger partial charge in [0.1, 0.15) is 5.82 Å². The summed E-state index contributed by atoms with van der Waals surface area (Å²) >= 11 is 5.88. The fourth-order valence-corrected chi connectivity index (χ4v) is 1.76. The van der Waals surface area contributed by atoms with E-state index in [0.717, 1.165) is 11.1 Å². The zero-order chi connectivity index (χ0) is 11.7. The summed E-state index contributed by atoms with van der Waals surface area (Å²) in [6, 6.07) is 10.4. The van der Waals surface area contributed by atoms with Gasteiger partial charge in [-0.05, 0) is 24.6 Å². The van der Waals surface area contributed by atoms with Crippen molar-refractivity contribution in [2.45, 2.75) is 6.92 Å². The smallest absolute Gasteiger partial charge is 0.133 e. The van der Waals surface area contributed by atoms with E-state index in [9.17, 15) is 4.39 Å². The largest absolute Gasteiger partial charge is 0.397 e. The van der Waals surface area contributed by atoms with E-state index in [1.165, 1.54) is 6.07 Å². The molecule has 2 aromatic rings. The topological polar surface area (TPSA) is 26.0 Å². The monoisotopic (exact) mass is 235 g/mol. The summed E-state index contributed by atoms with van der Waals surface area (Å²) in [6.45, 7) is 1.96. The van der Waals surface area contributed by atoms with E-state index >= 15 is 0 Å². The average Bonchev–Trinajstić information content (AvgIpc) is 2.23. The first-order chi connectivity index (χ1) is 7.58. The standard InChI is InChI=1S/C13H11ClFN/c1-8-3-2-4-9(5-8)10-6-11(14)13(16)7-12(10)15/h2-7H,16H2,1H3. The zero-order valence-corrected chi connectivity index (χ0v) is 9.55. The zero-order valence-electron chi connectivity index (χ0n) is 8.80. The molecule has 82 valence electrons. The summed E-state index contributed by atoms with van der Waals surface area (Å²) in [5, 5.41) is 0.373. The van der Waals surface area contributed by atoms with Crippen LogP contribution in [0.4, 0.5) is 10.1 Å². The summed E-state index contributed by atoms with van der Waals surface area (Å²) in [5.74, 6) is -0.354. The van der Waals surface area contributed by atoms with Crippen LogP contribution in [0.3, 0.4) is 0 Å². The first kappa shape index (κ1) is 11.0. The highest BCUT2D eigenvalue weighted by molar-refractivity contribution is 6.33.